The average Bonchev–Trinajstić information content (AvgIpc) is 3.58. The van der Waals surface area contributed by atoms with Crippen LogP contribution in [0.4, 0.5) is 22.1 Å². The van der Waals surface area contributed by atoms with Crippen LogP contribution in [-0.4, -0.2) is 65.0 Å². The van der Waals surface area contributed by atoms with Crippen molar-refractivity contribution in [2.24, 2.45) is 0 Å². The van der Waals surface area contributed by atoms with Crippen molar-refractivity contribution < 1.29 is 28.5 Å². The lowest BCUT2D eigenvalue weighted by Gasteiger charge is -2.25. The smallest absolute Gasteiger partial charge is 0.415 e. The predicted molar refractivity (Wildman–Crippen MR) is 132 cm³/mol. The summed E-state index contributed by atoms with van der Waals surface area (Å²) in [4.78, 5) is 31.8. The third-order valence-electron chi connectivity index (χ3n) is 5.57. The Morgan fingerprint density at radius 1 is 1.22 bits per heavy atom. The Bertz CT molecular complexity index is 1310. The molecule has 0 unspecified atom stereocenters. The largest absolute Gasteiger partial charge is 0.486 e. The van der Waals surface area contributed by atoms with E-state index in [2.05, 4.69) is 15.4 Å². The molecule has 3 heterocycles. The highest BCUT2D eigenvalue weighted by Gasteiger charge is 2.27. The lowest BCUT2D eigenvalue weighted by molar-refractivity contribution is 0.0587. The van der Waals surface area contributed by atoms with Gasteiger partial charge in [-0.2, -0.15) is 9.61 Å². The number of carbonyl (C=O) groups excluding carboxylic acids is 2. The summed E-state index contributed by atoms with van der Waals surface area (Å²) >= 11 is 0. The summed E-state index contributed by atoms with van der Waals surface area (Å²) in [6.45, 7) is 6.21. The number of ketones is 1. The van der Waals surface area contributed by atoms with Crippen molar-refractivity contribution in [2.45, 2.75) is 45.3 Å². The van der Waals surface area contributed by atoms with Crippen molar-refractivity contribution in [3.05, 3.63) is 36.0 Å². The van der Waals surface area contributed by atoms with E-state index in [1.165, 1.54) is 15.6 Å². The Hall–Kier alpha value is -3.86. The zero-order valence-electron chi connectivity index (χ0n) is 20.7. The van der Waals surface area contributed by atoms with E-state index < -0.39 is 11.7 Å². The van der Waals surface area contributed by atoms with E-state index >= 15 is 0 Å². The van der Waals surface area contributed by atoms with Gasteiger partial charge >= 0.3 is 6.09 Å². The maximum Gasteiger partial charge on any atom is 0.415 e. The van der Waals surface area contributed by atoms with Crippen LogP contribution in [0, 0.1) is 0 Å². The molecule has 1 saturated carbocycles. The quantitative estimate of drug-likeness (QED) is 0.486. The molecule has 36 heavy (non-hydrogen) atoms. The molecular weight excluding hydrogens is 466 g/mol. The van der Waals surface area contributed by atoms with Gasteiger partial charge in [0.2, 0.25) is 0 Å². The number of nitrogens with one attached hydrogen (secondary N) is 1. The maximum absolute atomic E-state index is 12.9. The number of hydrogen-bond acceptors (Lipinski definition) is 9. The highest BCUT2D eigenvalue weighted by Crippen LogP contribution is 2.39. The Balaban J connectivity index is 1.54. The van der Waals surface area contributed by atoms with Gasteiger partial charge in [0.15, 0.2) is 22.9 Å². The molecule has 1 aliphatic carbocycles. The maximum atomic E-state index is 12.9. The molecule has 0 saturated heterocycles. The van der Waals surface area contributed by atoms with Gasteiger partial charge in [-0.15, -0.1) is 0 Å². The fourth-order valence-corrected chi connectivity index (χ4v) is 3.69. The number of aromatic nitrogens is 3. The molecule has 1 aliphatic heterocycles. The topological polar surface area (TPSA) is 117 Å². The second kappa shape index (κ2) is 9.30. The number of ether oxygens (including phenoxy) is 4. The number of hydrogen-bond donors (Lipinski definition) is 1. The Morgan fingerprint density at radius 3 is 2.75 bits per heavy atom. The lowest BCUT2D eigenvalue weighted by atomic mass is 10.2. The number of fused-ring (bicyclic) bond motifs is 2. The molecule has 190 valence electrons. The average molecular weight is 496 g/mol. The van der Waals surface area contributed by atoms with E-state index in [4.69, 9.17) is 18.9 Å². The summed E-state index contributed by atoms with van der Waals surface area (Å²) in [7, 11) is 1.58. The minimum Gasteiger partial charge on any atom is -0.486 e. The van der Waals surface area contributed by atoms with Gasteiger partial charge in [-0.05, 0) is 45.7 Å². The van der Waals surface area contributed by atoms with E-state index in [0.29, 0.717) is 47.6 Å². The van der Waals surface area contributed by atoms with Crippen LogP contribution >= 0.6 is 0 Å². The predicted octanol–water partition coefficient (Wildman–Crippen LogP) is 3.98. The summed E-state index contributed by atoms with van der Waals surface area (Å²) in [5.74, 6) is 1.70. The van der Waals surface area contributed by atoms with Crippen molar-refractivity contribution in [3.8, 4) is 11.5 Å². The van der Waals surface area contributed by atoms with Gasteiger partial charge in [0.1, 0.15) is 37.1 Å². The van der Waals surface area contributed by atoms with E-state index in [1.54, 1.807) is 33.9 Å². The first-order chi connectivity index (χ1) is 17.2. The van der Waals surface area contributed by atoms with Gasteiger partial charge in [-0.3, -0.25) is 9.69 Å². The van der Waals surface area contributed by atoms with Gasteiger partial charge < -0.3 is 24.3 Å². The molecule has 1 amide bonds. The van der Waals surface area contributed by atoms with E-state index in [0.717, 1.165) is 12.8 Å². The second-order valence-corrected chi connectivity index (χ2v) is 9.72. The number of amides is 1. The normalized spacial score (nSPS) is 15.0. The first kappa shape index (κ1) is 23.9. The minimum atomic E-state index is -0.690. The summed E-state index contributed by atoms with van der Waals surface area (Å²) in [6, 6.07) is 7.15. The SMILES string of the molecule is CN(C(=O)OC(C)(C)C)c1cc(Nc2cccc3c2OCCO3)nc2c(C(=O)COC3CC3)cnn12. The highest BCUT2D eigenvalue weighted by molar-refractivity contribution is 6.02. The minimum absolute atomic E-state index is 0.0556. The van der Waals surface area contributed by atoms with Crippen LogP contribution in [0.15, 0.2) is 30.5 Å². The van der Waals surface area contributed by atoms with Gasteiger partial charge in [-0.1, -0.05) is 6.07 Å². The molecule has 5 rings (SSSR count). The van der Waals surface area contributed by atoms with Crippen LogP contribution in [0.1, 0.15) is 44.0 Å². The highest BCUT2D eigenvalue weighted by atomic mass is 16.6. The van der Waals surface area contributed by atoms with Crippen molar-refractivity contribution in [2.75, 3.05) is 37.1 Å². The molecular formula is C25H29N5O6. The van der Waals surface area contributed by atoms with E-state index in [9.17, 15) is 9.59 Å². The third kappa shape index (κ3) is 5.06. The number of rotatable bonds is 7. The standard InChI is InChI=1S/C25H29N5O6/c1-25(2,3)36-24(32)29(4)21-12-20(27-17-6-5-7-19-22(17)34-11-10-33-19)28-23-16(13-26-30(21)23)18(31)14-35-15-8-9-15/h5-7,12-13,15H,8-11,14H2,1-4H3,(H,27,28). The van der Waals surface area contributed by atoms with Crippen molar-refractivity contribution >= 4 is 34.8 Å². The van der Waals surface area contributed by atoms with Gasteiger partial charge in [-0.25, -0.2) is 9.78 Å². The molecule has 1 fully saturated rings. The van der Waals surface area contributed by atoms with E-state index in [1.807, 2.05) is 18.2 Å². The van der Waals surface area contributed by atoms with Crippen molar-refractivity contribution in [3.63, 3.8) is 0 Å². The molecule has 0 spiro atoms. The number of carbonyl (C=O) groups is 2. The first-order valence-electron chi connectivity index (χ1n) is 11.9. The van der Waals surface area contributed by atoms with Gasteiger partial charge in [0, 0.05) is 13.1 Å². The molecule has 2 aromatic heterocycles. The van der Waals surface area contributed by atoms with Gasteiger partial charge in [0.05, 0.1) is 23.6 Å². The van der Waals surface area contributed by atoms with Crippen LogP contribution in [0.5, 0.6) is 11.5 Å². The van der Waals surface area contributed by atoms with Crippen LogP contribution in [0.25, 0.3) is 5.65 Å². The van der Waals surface area contributed by atoms with Gasteiger partial charge in [0.25, 0.3) is 0 Å². The Labute approximate surface area is 208 Å². The van der Waals surface area contributed by atoms with Crippen LogP contribution < -0.4 is 19.7 Å². The van der Waals surface area contributed by atoms with Crippen LogP contribution in [0.3, 0.4) is 0 Å². The Kier molecular flexibility index (Phi) is 6.17. The summed E-state index contributed by atoms with van der Waals surface area (Å²) in [5, 5.41) is 7.60. The molecule has 0 radical (unpaired) electrons. The molecule has 0 bridgehead atoms. The molecule has 1 aromatic carbocycles. The third-order valence-corrected chi connectivity index (χ3v) is 5.57. The second-order valence-electron chi connectivity index (χ2n) is 9.72. The molecule has 1 N–H and O–H groups in total. The van der Waals surface area contributed by atoms with Crippen LogP contribution in [-0.2, 0) is 9.47 Å². The molecule has 3 aromatic rings. The number of anilines is 3. The zero-order chi connectivity index (χ0) is 25.4. The number of Topliss-reactive ketones (excluding diaryl/α,β-unsaturated/α-hetero) is 1. The monoisotopic (exact) mass is 495 g/mol. The summed E-state index contributed by atoms with van der Waals surface area (Å²) in [5.41, 5.74) is 0.536. The van der Waals surface area contributed by atoms with Crippen LogP contribution in [0.2, 0.25) is 0 Å². The van der Waals surface area contributed by atoms with Crippen molar-refractivity contribution in [1.82, 2.24) is 14.6 Å². The summed E-state index contributed by atoms with van der Waals surface area (Å²) < 4.78 is 24.1. The van der Waals surface area contributed by atoms with Crippen molar-refractivity contribution in [1.29, 1.82) is 0 Å². The number of benzene rings is 1. The number of para-hydroxylation sites is 1. The molecule has 0 atom stereocenters. The fourth-order valence-electron chi connectivity index (χ4n) is 3.69. The summed E-state index contributed by atoms with van der Waals surface area (Å²) in [6.07, 6.45) is 2.94. The zero-order valence-corrected chi connectivity index (χ0v) is 20.7. The molecule has 11 nitrogen and oxygen atoms in total. The number of nitrogens with zero attached hydrogens (tertiary/aromatic N) is 4. The lowest BCUT2D eigenvalue weighted by Crippen LogP contribution is -2.35. The molecule has 11 heteroatoms. The first-order valence-corrected chi connectivity index (χ1v) is 11.9. The van der Waals surface area contributed by atoms with E-state index in [-0.39, 0.29) is 24.1 Å². The Morgan fingerprint density at radius 2 is 2.00 bits per heavy atom. The molecule has 2 aliphatic rings. The fraction of sp³-hybridized carbons (Fsp3) is 0.440.